The predicted molar refractivity (Wildman–Crippen MR) is 75.2 cm³/mol. The molecule has 2 saturated heterocycles. The molecule has 2 aliphatic rings. The summed E-state index contributed by atoms with van der Waals surface area (Å²) in [7, 11) is 0. The molecule has 0 atom stereocenters. The van der Waals surface area contributed by atoms with Gasteiger partial charge in [0, 0.05) is 13.1 Å². The number of hydrogen-bond donors (Lipinski definition) is 1. The van der Waals surface area contributed by atoms with Gasteiger partial charge in [0.25, 0.3) is 0 Å². The number of hydrogen-bond acceptors (Lipinski definition) is 3. The van der Waals surface area contributed by atoms with Gasteiger partial charge in [-0.05, 0) is 56.3 Å². The summed E-state index contributed by atoms with van der Waals surface area (Å²) in [5.41, 5.74) is 0.598. The Kier molecular flexibility index (Phi) is 3.44. The van der Waals surface area contributed by atoms with Crippen LogP contribution in [0.1, 0.15) is 25.7 Å². The van der Waals surface area contributed by atoms with E-state index in [0.29, 0.717) is 10.6 Å². The largest absolute Gasteiger partial charge is 0.357 e. The van der Waals surface area contributed by atoms with Crippen LogP contribution in [0, 0.1) is 5.41 Å². The lowest BCUT2D eigenvalue weighted by Crippen LogP contribution is -2.45. The maximum Gasteiger partial charge on any atom is 0.131 e. The van der Waals surface area contributed by atoms with Gasteiger partial charge < -0.3 is 10.2 Å². The Balaban J connectivity index is 1.66. The number of nitrogens with zero attached hydrogens (tertiary/aromatic N) is 2. The normalized spacial score (nSPS) is 23.3. The van der Waals surface area contributed by atoms with E-state index in [9.17, 15) is 0 Å². The lowest BCUT2D eigenvalue weighted by atomic mass is 9.71. The summed E-state index contributed by atoms with van der Waals surface area (Å²) in [5, 5.41) is 4.06. The van der Waals surface area contributed by atoms with Crippen LogP contribution in [0.25, 0.3) is 0 Å². The fourth-order valence-corrected chi connectivity index (χ4v) is 3.40. The zero-order valence-electron chi connectivity index (χ0n) is 10.7. The fourth-order valence-electron chi connectivity index (χ4n) is 3.24. The van der Waals surface area contributed by atoms with Crippen molar-refractivity contribution in [3.63, 3.8) is 0 Å². The molecule has 0 aromatic carbocycles. The van der Waals surface area contributed by atoms with Crippen molar-refractivity contribution in [2.24, 2.45) is 5.41 Å². The van der Waals surface area contributed by atoms with E-state index >= 15 is 0 Å². The van der Waals surface area contributed by atoms with Gasteiger partial charge in [-0.2, -0.15) is 0 Å². The summed E-state index contributed by atoms with van der Waals surface area (Å²) in [6, 6.07) is 5.88. The number of piperidine rings is 2. The minimum absolute atomic E-state index is 0.592. The summed E-state index contributed by atoms with van der Waals surface area (Å²) < 4.78 is 0. The first-order valence-electron chi connectivity index (χ1n) is 6.86. The van der Waals surface area contributed by atoms with Gasteiger partial charge in [-0.25, -0.2) is 4.98 Å². The molecule has 1 N–H and O–H groups in total. The summed E-state index contributed by atoms with van der Waals surface area (Å²) in [6.45, 7) is 4.62. The zero-order valence-corrected chi connectivity index (χ0v) is 11.4. The third kappa shape index (κ3) is 2.47. The molecule has 0 amide bonds. The first kappa shape index (κ1) is 12.2. The molecule has 1 aromatic rings. The van der Waals surface area contributed by atoms with Gasteiger partial charge in [0.1, 0.15) is 11.0 Å². The molecule has 98 valence electrons. The molecule has 18 heavy (non-hydrogen) atoms. The van der Waals surface area contributed by atoms with Gasteiger partial charge in [0.05, 0.1) is 0 Å². The van der Waals surface area contributed by atoms with E-state index in [-0.39, 0.29) is 0 Å². The lowest BCUT2D eigenvalue weighted by Gasteiger charge is -2.44. The van der Waals surface area contributed by atoms with Crippen LogP contribution in [0.5, 0.6) is 0 Å². The molecular weight excluding hydrogens is 246 g/mol. The Morgan fingerprint density at radius 3 is 2.50 bits per heavy atom. The monoisotopic (exact) mass is 265 g/mol. The number of pyridine rings is 1. The standard InChI is InChI=1S/C14H20ClN3/c15-12-2-1-3-13(17-12)18-10-6-14(7-11-18)4-8-16-9-5-14/h1-3,16H,4-11H2. The number of halogens is 1. The highest BCUT2D eigenvalue weighted by Crippen LogP contribution is 2.40. The number of rotatable bonds is 1. The van der Waals surface area contributed by atoms with Gasteiger partial charge in [-0.15, -0.1) is 0 Å². The highest BCUT2D eigenvalue weighted by atomic mass is 35.5. The van der Waals surface area contributed by atoms with Crippen molar-refractivity contribution >= 4 is 17.4 Å². The average molecular weight is 266 g/mol. The van der Waals surface area contributed by atoms with E-state index in [1.165, 1.54) is 38.8 Å². The first-order valence-corrected chi connectivity index (χ1v) is 7.24. The second-order valence-corrected chi connectivity index (χ2v) is 5.94. The number of aromatic nitrogens is 1. The maximum atomic E-state index is 5.96. The molecule has 3 heterocycles. The molecule has 3 nitrogen and oxygen atoms in total. The quantitative estimate of drug-likeness (QED) is 0.792. The fraction of sp³-hybridized carbons (Fsp3) is 0.643. The van der Waals surface area contributed by atoms with E-state index < -0.39 is 0 Å². The van der Waals surface area contributed by atoms with Crippen molar-refractivity contribution in [1.82, 2.24) is 10.3 Å². The molecular formula is C14H20ClN3. The minimum Gasteiger partial charge on any atom is -0.357 e. The molecule has 0 radical (unpaired) electrons. The Labute approximate surface area is 114 Å². The summed E-state index contributed by atoms with van der Waals surface area (Å²) >= 11 is 5.96. The zero-order chi connectivity index (χ0) is 12.4. The van der Waals surface area contributed by atoms with Crippen molar-refractivity contribution < 1.29 is 0 Å². The summed E-state index contributed by atoms with van der Waals surface area (Å²) in [4.78, 5) is 6.78. The Morgan fingerprint density at radius 2 is 1.83 bits per heavy atom. The Morgan fingerprint density at radius 1 is 1.11 bits per heavy atom. The highest BCUT2D eigenvalue weighted by Gasteiger charge is 2.35. The molecule has 0 bridgehead atoms. The van der Waals surface area contributed by atoms with Gasteiger partial charge in [-0.3, -0.25) is 0 Å². The Bertz CT molecular complexity index is 405. The highest BCUT2D eigenvalue weighted by molar-refractivity contribution is 6.29. The second kappa shape index (κ2) is 5.06. The smallest absolute Gasteiger partial charge is 0.131 e. The van der Waals surface area contributed by atoms with E-state index in [2.05, 4.69) is 21.3 Å². The van der Waals surface area contributed by atoms with E-state index in [0.717, 1.165) is 18.9 Å². The van der Waals surface area contributed by atoms with Crippen LogP contribution < -0.4 is 10.2 Å². The maximum absolute atomic E-state index is 5.96. The van der Waals surface area contributed by atoms with Crippen LogP contribution in [-0.2, 0) is 0 Å². The minimum atomic E-state index is 0.592. The number of anilines is 1. The molecule has 1 aromatic heterocycles. The third-order valence-electron chi connectivity index (χ3n) is 4.51. The topological polar surface area (TPSA) is 28.2 Å². The third-order valence-corrected chi connectivity index (χ3v) is 4.72. The van der Waals surface area contributed by atoms with Crippen LogP contribution in [0.4, 0.5) is 5.82 Å². The van der Waals surface area contributed by atoms with Crippen molar-refractivity contribution in [1.29, 1.82) is 0 Å². The van der Waals surface area contributed by atoms with Crippen LogP contribution >= 0.6 is 11.6 Å². The molecule has 3 rings (SSSR count). The molecule has 1 spiro atoms. The van der Waals surface area contributed by atoms with Crippen molar-refractivity contribution in [2.75, 3.05) is 31.1 Å². The van der Waals surface area contributed by atoms with Crippen molar-refractivity contribution in [3.8, 4) is 0 Å². The summed E-state index contributed by atoms with van der Waals surface area (Å²) in [5.74, 6) is 1.03. The SMILES string of the molecule is Clc1cccc(N2CCC3(CCNCC3)CC2)n1. The molecule has 0 saturated carbocycles. The van der Waals surface area contributed by atoms with Crippen LogP contribution in [0.15, 0.2) is 18.2 Å². The molecule has 0 unspecified atom stereocenters. The van der Waals surface area contributed by atoms with Gasteiger partial charge in [-0.1, -0.05) is 17.7 Å². The van der Waals surface area contributed by atoms with E-state index in [1.807, 2.05) is 12.1 Å². The van der Waals surface area contributed by atoms with Gasteiger partial charge in [0.2, 0.25) is 0 Å². The molecule has 4 heteroatoms. The van der Waals surface area contributed by atoms with Crippen molar-refractivity contribution in [3.05, 3.63) is 23.4 Å². The van der Waals surface area contributed by atoms with E-state index in [1.54, 1.807) is 0 Å². The van der Waals surface area contributed by atoms with Gasteiger partial charge in [0.15, 0.2) is 0 Å². The summed E-state index contributed by atoms with van der Waals surface area (Å²) in [6.07, 6.45) is 5.26. The Hall–Kier alpha value is -0.800. The lowest BCUT2D eigenvalue weighted by molar-refractivity contribution is 0.154. The number of nitrogens with one attached hydrogen (secondary N) is 1. The van der Waals surface area contributed by atoms with Gasteiger partial charge >= 0.3 is 0 Å². The molecule has 0 aliphatic carbocycles. The second-order valence-electron chi connectivity index (χ2n) is 5.56. The predicted octanol–water partition coefficient (Wildman–Crippen LogP) is 2.71. The van der Waals surface area contributed by atoms with Crippen LogP contribution in [0.2, 0.25) is 5.15 Å². The average Bonchev–Trinajstić information content (AvgIpc) is 2.40. The first-order chi connectivity index (χ1) is 8.77. The molecule has 2 fully saturated rings. The van der Waals surface area contributed by atoms with E-state index in [4.69, 9.17) is 11.6 Å². The van der Waals surface area contributed by atoms with Crippen LogP contribution in [-0.4, -0.2) is 31.2 Å². The van der Waals surface area contributed by atoms with Crippen LogP contribution in [0.3, 0.4) is 0 Å². The van der Waals surface area contributed by atoms with Crippen molar-refractivity contribution in [2.45, 2.75) is 25.7 Å². The molecule has 2 aliphatic heterocycles.